The molecule has 1 aliphatic carbocycles. The summed E-state index contributed by atoms with van der Waals surface area (Å²) in [4.78, 5) is 13.4. The Morgan fingerprint density at radius 3 is 2.35 bits per heavy atom. The zero-order valence-electron chi connectivity index (χ0n) is 18.5. The highest BCUT2D eigenvalue weighted by molar-refractivity contribution is 8.00. The van der Waals surface area contributed by atoms with Gasteiger partial charge in [-0.15, -0.1) is 10.2 Å². The van der Waals surface area contributed by atoms with E-state index in [4.69, 9.17) is 0 Å². The van der Waals surface area contributed by atoms with E-state index >= 15 is 0 Å². The summed E-state index contributed by atoms with van der Waals surface area (Å²) in [6.45, 7) is 6.10. The second-order valence-corrected chi connectivity index (χ2v) is 9.54. The van der Waals surface area contributed by atoms with E-state index in [0.717, 1.165) is 46.2 Å². The van der Waals surface area contributed by atoms with Gasteiger partial charge in [0, 0.05) is 11.7 Å². The van der Waals surface area contributed by atoms with Crippen LogP contribution in [0.2, 0.25) is 0 Å². The quantitative estimate of drug-likeness (QED) is 0.471. The number of nitrogens with zero attached hydrogens (tertiary/aromatic N) is 3. The number of hydrogen-bond acceptors (Lipinski definition) is 4. The number of benzene rings is 2. The van der Waals surface area contributed by atoms with E-state index in [0.29, 0.717) is 6.04 Å². The van der Waals surface area contributed by atoms with Crippen LogP contribution >= 0.6 is 11.8 Å². The number of hydrogen-bond donors (Lipinski definition) is 1. The van der Waals surface area contributed by atoms with Crippen LogP contribution in [-0.4, -0.2) is 20.7 Å². The Morgan fingerprint density at radius 1 is 1.00 bits per heavy atom. The minimum atomic E-state index is -0.409. The predicted octanol–water partition coefficient (Wildman–Crippen LogP) is 6.18. The molecule has 1 amide bonds. The third-order valence-electron chi connectivity index (χ3n) is 5.83. The highest BCUT2D eigenvalue weighted by atomic mass is 32.2. The van der Waals surface area contributed by atoms with Gasteiger partial charge >= 0.3 is 0 Å². The first-order valence-electron chi connectivity index (χ1n) is 11.0. The fourth-order valence-corrected chi connectivity index (χ4v) is 5.60. The van der Waals surface area contributed by atoms with Gasteiger partial charge in [-0.2, -0.15) is 0 Å². The molecule has 1 N–H and O–H groups in total. The summed E-state index contributed by atoms with van der Waals surface area (Å²) < 4.78 is 2.25. The van der Waals surface area contributed by atoms with Gasteiger partial charge < -0.3 is 9.88 Å². The molecule has 1 unspecified atom stereocenters. The standard InChI is InChI=1S/C25H30N4OS/c1-17-14-18(2)16-21(15-17)26-24(30)23(20-10-6-4-7-11-20)31-25-28-27-19(3)29(25)22-12-8-5-9-13-22/h4,6-7,10-11,14-16,22-23H,5,8-9,12-13H2,1-3H3,(H,26,30). The Kier molecular flexibility index (Phi) is 6.76. The smallest absolute Gasteiger partial charge is 0.242 e. The molecule has 5 nitrogen and oxygen atoms in total. The Bertz CT molecular complexity index is 1020. The van der Waals surface area contributed by atoms with Crippen LogP contribution in [0.1, 0.15) is 65.9 Å². The maximum absolute atomic E-state index is 13.4. The summed E-state index contributed by atoms with van der Waals surface area (Å²) in [6.07, 6.45) is 6.07. The molecular formula is C25H30N4OS. The first-order valence-corrected chi connectivity index (χ1v) is 11.9. The maximum atomic E-state index is 13.4. The van der Waals surface area contributed by atoms with Gasteiger partial charge in [-0.25, -0.2) is 0 Å². The molecule has 0 saturated heterocycles. The molecule has 0 radical (unpaired) electrons. The van der Waals surface area contributed by atoms with Crippen LogP contribution in [0.3, 0.4) is 0 Å². The summed E-state index contributed by atoms with van der Waals surface area (Å²) >= 11 is 1.50. The van der Waals surface area contributed by atoms with Crippen LogP contribution in [0.25, 0.3) is 0 Å². The summed E-state index contributed by atoms with van der Waals surface area (Å²) in [5.74, 6) is 0.882. The number of aromatic nitrogens is 3. The number of carbonyl (C=O) groups excluding carboxylic acids is 1. The number of anilines is 1. The van der Waals surface area contributed by atoms with E-state index in [1.54, 1.807) is 0 Å². The zero-order chi connectivity index (χ0) is 21.8. The van der Waals surface area contributed by atoms with Crippen LogP contribution in [0.5, 0.6) is 0 Å². The molecule has 6 heteroatoms. The van der Waals surface area contributed by atoms with E-state index < -0.39 is 5.25 Å². The van der Waals surface area contributed by atoms with E-state index in [1.807, 2.05) is 63.2 Å². The van der Waals surface area contributed by atoms with Crippen molar-refractivity contribution in [2.75, 3.05) is 5.32 Å². The molecule has 0 spiro atoms. The first-order chi connectivity index (χ1) is 15.0. The average molecular weight is 435 g/mol. The lowest BCUT2D eigenvalue weighted by Gasteiger charge is -2.26. The van der Waals surface area contributed by atoms with Crippen molar-refractivity contribution in [3.8, 4) is 0 Å². The van der Waals surface area contributed by atoms with Crippen molar-refractivity contribution in [1.29, 1.82) is 0 Å². The predicted molar refractivity (Wildman–Crippen MR) is 126 cm³/mol. The van der Waals surface area contributed by atoms with Gasteiger partial charge in [0.1, 0.15) is 11.1 Å². The van der Waals surface area contributed by atoms with Gasteiger partial charge in [0.05, 0.1) is 0 Å². The van der Waals surface area contributed by atoms with E-state index in [-0.39, 0.29) is 5.91 Å². The van der Waals surface area contributed by atoms with Crippen molar-refractivity contribution in [3.05, 3.63) is 71.0 Å². The molecule has 31 heavy (non-hydrogen) atoms. The molecule has 1 aliphatic rings. The number of amides is 1. The highest BCUT2D eigenvalue weighted by Gasteiger charge is 2.28. The molecule has 162 valence electrons. The molecule has 1 saturated carbocycles. The SMILES string of the molecule is Cc1cc(C)cc(NC(=O)C(Sc2nnc(C)n2C2CCCCC2)c2ccccc2)c1. The van der Waals surface area contributed by atoms with Gasteiger partial charge in [0.25, 0.3) is 0 Å². The number of rotatable bonds is 6. The van der Waals surface area contributed by atoms with Crippen molar-refractivity contribution < 1.29 is 4.79 Å². The molecule has 2 aromatic carbocycles. The van der Waals surface area contributed by atoms with E-state index in [2.05, 4.69) is 26.1 Å². The van der Waals surface area contributed by atoms with Crippen LogP contribution in [0, 0.1) is 20.8 Å². The molecule has 3 aromatic rings. The van der Waals surface area contributed by atoms with Crippen LogP contribution in [0.4, 0.5) is 5.69 Å². The summed E-state index contributed by atoms with van der Waals surface area (Å²) in [5.41, 5.74) is 4.05. The lowest BCUT2D eigenvalue weighted by atomic mass is 9.95. The fourth-order valence-electron chi connectivity index (χ4n) is 4.45. The molecular weight excluding hydrogens is 404 g/mol. The number of carbonyl (C=O) groups is 1. The third kappa shape index (κ3) is 5.18. The zero-order valence-corrected chi connectivity index (χ0v) is 19.3. The first kappa shape index (κ1) is 21.6. The molecule has 0 bridgehead atoms. The van der Waals surface area contributed by atoms with Crippen molar-refractivity contribution in [2.24, 2.45) is 0 Å². The fraction of sp³-hybridized carbons (Fsp3) is 0.400. The highest BCUT2D eigenvalue weighted by Crippen LogP contribution is 2.39. The van der Waals surface area contributed by atoms with Gasteiger partial charge in [-0.1, -0.05) is 67.4 Å². The lowest BCUT2D eigenvalue weighted by Crippen LogP contribution is -2.21. The monoisotopic (exact) mass is 434 g/mol. The third-order valence-corrected chi connectivity index (χ3v) is 7.04. The molecule has 4 rings (SSSR count). The number of nitrogens with one attached hydrogen (secondary N) is 1. The van der Waals surface area contributed by atoms with Gasteiger partial charge in [-0.05, 0) is 62.4 Å². The Labute approximate surface area is 188 Å². The summed E-state index contributed by atoms with van der Waals surface area (Å²) in [6, 6.07) is 16.5. The molecule has 1 aromatic heterocycles. The largest absolute Gasteiger partial charge is 0.325 e. The van der Waals surface area contributed by atoms with Gasteiger partial charge in [0.2, 0.25) is 5.91 Å². The second kappa shape index (κ2) is 9.69. The second-order valence-electron chi connectivity index (χ2n) is 8.47. The average Bonchev–Trinajstić information content (AvgIpc) is 3.12. The van der Waals surface area contributed by atoms with Crippen molar-refractivity contribution in [2.45, 2.75) is 69.3 Å². The van der Waals surface area contributed by atoms with E-state index in [1.165, 1.54) is 31.0 Å². The minimum Gasteiger partial charge on any atom is -0.325 e. The minimum absolute atomic E-state index is 0.0444. The molecule has 1 atom stereocenters. The van der Waals surface area contributed by atoms with Crippen molar-refractivity contribution >= 4 is 23.4 Å². The maximum Gasteiger partial charge on any atom is 0.242 e. The van der Waals surface area contributed by atoms with Crippen LogP contribution < -0.4 is 5.32 Å². The summed E-state index contributed by atoms with van der Waals surface area (Å²) in [7, 11) is 0. The normalized spacial score (nSPS) is 15.6. The van der Waals surface area contributed by atoms with Crippen LogP contribution in [-0.2, 0) is 4.79 Å². The Hall–Kier alpha value is -2.60. The van der Waals surface area contributed by atoms with Crippen molar-refractivity contribution in [1.82, 2.24) is 14.8 Å². The molecule has 0 aliphatic heterocycles. The Balaban J connectivity index is 1.63. The number of aryl methyl sites for hydroxylation is 3. The molecule has 1 heterocycles. The van der Waals surface area contributed by atoms with Gasteiger partial charge in [-0.3, -0.25) is 4.79 Å². The topological polar surface area (TPSA) is 59.8 Å². The molecule has 1 fully saturated rings. The van der Waals surface area contributed by atoms with Crippen LogP contribution in [0.15, 0.2) is 53.7 Å². The number of thioether (sulfide) groups is 1. The summed E-state index contributed by atoms with van der Waals surface area (Å²) in [5, 5.41) is 12.4. The van der Waals surface area contributed by atoms with Crippen molar-refractivity contribution in [3.63, 3.8) is 0 Å². The van der Waals surface area contributed by atoms with E-state index in [9.17, 15) is 4.79 Å². The lowest BCUT2D eigenvalue weighted by molar-refractivity contribution is -0.115. The van der Waals surface area contributed by atoms with Gasteiger partial charge in [0.15, 0.2) is 5.16 Å². The Morgan fingerprint density at radius 2 is 1.68 bits per heavy atom.